The minimum atomic E-state index is -0.183. The van der Waals surface area contributed by atoms with Crippen molar-refractivity contribution in [1.29, 1.82) is 0 Å². The second kappa shape index (κ2) is 6.18. The number of rotatable bonds is 7. The molecule has 1 N–H and O–H groups in total. The highest BCUT2D eigenvalue weighted by atomic mass is 16.3. The molecule has 1 aliphatic rings. The van der Waals surface area contributed by atoms with Gasteiger partial charge in [-0.3, -0.25) is 4.90 Å². The van der Waals surface area contributed by atoms with Gasteiger partial charge in [0.15, 0.2) is 0 Å². The summed E-state index contributed by atoms with van der Waals surface area (Å²) in [4.78, 5) is 2.40. The lowest BCUT2D eigenvalue weighted by atomic mass is 10.2. The van der Waals surface area contributed by atoms with Gasteiger partial charge in [0, 0.05) is 19.6 Å². The number of aliphatic hydroxyl groups excluding tert-OH is 1. The Morgan fingerprint density at radius 3 is 2.59 bits per heavy atom. The van der Waals surface area contributed by atoms with Crippen molar-refractivity contribution in [1.82, 2.24) is 4.90 Å². The average molecular weight is 233 g/mol. The molecule has 1 aromatic rings. The molecule has 2 heteroatoms. The van der Waals surface area contributed by atoms with Crippen molar-refractivity contribution in [3.63, 3.8) is 0 Å². The van der Waals surface area contributed by atoms with Crippen molar-refractivity contribution in [2.45, 2.75) is 38.8 Å². The molecule has 0 heterocycles. The average Bonchev–Trinajstić information content (AvgIpc) is 3.14. The van der Waals surface area contributed by atoms with E-state index in [2.05, 4.69) is 35.2 Å². The first-order valence-corrected chi connectivity index (χ1v) is 6.72. The van der Waals surface area contributed by atoms with Crippen molar-refractivity contribution in [3.05, 3.63) is 35.9 Å². The SMILES string of the molecule is CCC(O)CN(Cc1ccccc1)CC1CC1. The lowest BCUT2D eigenvalue weighted by Gasteiger charge is -2.24. The Morgan fingerprint density at radius 2 is 2.00 bits per heavy atom. The Morgan fingerprint density at radius 1 is 1.29 bits per heavy atom. The molecule has 94 valence electrons. The van der Waals surface area contributed by atoms with E-state index in [9.17, 15) is 5.11 Å². The Bertz CT molecular complexity index is 321. The largest absolute Gasteiger partial charge is 0.392 e. The molecule has 2 nitrogen and oxygen atoms in total. The highest BCUT2D eigenvalue weighted by molar-refractivity contribution is 5.14. The fraction of sp³-hybridized carbons (Fsp3) is 0.600. The molecule has 0 saturated heterocycles. The highest BCUT2D eigenvalue weighted by Gasteiger charge is 2.25. The van der Waals surface area contributed by atoms with Crippen LogP contribution in [0, 0.1) is 5.92 Å². The van der Waals surface area contributed by atoms with E-state index in [1.54, 1.807) is 0 Å². The molecule has 1 aromatic carbocycles. The van der Waals surface area contributed by atoms with Gasteiger partial charge in [0.25, 0.3) is 0 Å². The summed E-state index contributed by atoms with van der Waals surface area (Å²) in [7, 11) is 0. The fourth-order valence-corrected chi connectivity index (χ4v) is 2.14. The Labute approximate surface area is 104 Å². The third-order valence-electron chi connectivity index (χ3n) is 3.40. The standard InChI is InChI=1S/C15H23NO/c1-2-15(17)12-16(11-14-8-9-14)10-13-6-4-3-5-7-13/h3-7,14-15,17H,2,8-12H2,1H3. The zero-order chi connectivity index (χ0) is 12.1. The van der Waals surface area contributed by atoms with Crippen LogP contribution in [0.4, 0.5) is 0 Å². The van der Waals surface area contributed by atoms with E-state index in [4.69, 9.17) is 0 Å². The van der Waals surface area contributed by atoms with Gasteiger partial charge in [-0.15, -0.1) is 0 Å². The van der Waals surface area contributed by atoms with Crippen molar-refractivity contribution in [3.8, 4) is 0 Å². The lowest BCUT2D eigenvalue weighted by Crippen LogP contribution is -2.33. The number of hydrogen-bond acceptors (Lipinski definition) is 2. The molecule has 0 radical (unpaired) electrons. The number of nitrogens with zero attached hydrogens (tertiary/aromatic N) is 1. The van der Waals surface area contributed by atoms with E-state index in [-0.39, 0.29) is 6.10 Å². The Kier molecular flexibility index (Phi) is 4.57. The number of hydrogen-bond donors (Lipinski definition) is 1. The molecular weight excluding hydrogens is 210 g/mol. The van der Waals surface area contributed by atoms with Crippen LogP contribution in [0.2, 0.25) is 0 Å². The van der Waals surface area contributed by atoms with E-state index in [0.717, 1.165) is 32.0 Å². The zero-order valence-electron chi connectivity index (χ0n) is 10.7. The molecule has 0 spiro atoms. The molecule has 1 atom stereocenters. The van der Waals surface area contributed by atoms with Crippen LogP contribution in [0.3, 0.4) is 0 Å². The first kappa shape index (κ1) is 12.6. The highest BCUT2D eigenvalue weighted by Crippen LogP contribution is 2.30. The maximum absolute atomic E-state index is 9.80. The third-order valence-corrected chi connectivity index (χ3v) is 3.40. The predicted molar refractivity (Wildman–Crippen MR) is 70.7 cm³/mol. The normalized spacial score (nSPS) is 17.4. The van der Waals surface area contributed by atoms with E-state index in [1.807, 2.05) is 6.92 Å². The molecule has 0 aliphatic heterocycles. The molecule has 1 aliphatic carbocycles. The molecule has 17 heavy (non-hydrogen) atoms. The zero-order valence-corrected chi connectivity index (χ0v) is 10.7. The molecule has 1 fully saturated rings. The maximum Gasteiger partial charge on any atom is 0.0664 e. The molecule has 0 aromatic heterocycles. The second-order valence-corrected chi connectivity index (χ2v) is 5.19. The van der Waals surface area contributed by atoms with Gasteiger partial charge in [0.1, 0.15) is 0 Å². The van der Waals surface area contributed by atoms with Gasteiger partial charge < -0.3 is 5.11 Å². The van der Waals surface area contributed by atoms with Crippen molar-refractivity contribution >= 4 is 0 Å². The summed E-state index contributed by atoms with van der Waals surface area (Å²) in [5, 5.41) is 9.80. The topological polar surface area (TPSA) is 23.5 Å². The van der Waals surface area contributed by atoms with Crippen LogP contribution < -0.4 is 0 Å². The summed E-state index contributed by atoms with van der Waals surface area (Å²) in [6.45, 7) is 4.96. The van der Waals surface area contributed by atoms with E-state index >= 15 is 0 Å². The quantitative estimate of drug-likeness (QED) is 0.782. The van der Waals surface area contributed by atoms with Crippen molar-refractivity contribution < 1.29 is 5.11 Å². The molecule has 0 amide bonds. The predicted octanol–water partition coefficient (Wildman–Crippen LogP) is 2.67. The van der Waals surface area contributed by atoms with E-state index in [1.165, 1.54) is 18.4 Å². The van der Waals surface area contributed by atoms with Crippen LogP contribution in [0.25, 0.3) is 0 Å². The monoisotopic (exact) mass is 233 g/mol. The summed E-state index contributed by atoms with van der Waals surface area (Å²) >= 11 is 0. The van der Waals surface area contributed by atoms with E-state index in [0.29, 0.717) is 0 Å². The summed E-state index contributed by atoms with van der Waals surface area (Å²) in [5.74, 6) is 0.878. The minimum Gasteiger partial charge on any atom is -0.392 e. The first-order valence-electron chi connectivity index (χ1n) is 6.72. The Balaban J connectivity index is 1.89. The van der Waals surface area contributed by atoms with Crippen LogP contribution in [0.5, 0.6) is 0 Å². The Hall–Kier alpha value is -0.860. The third kappa shape index (κ3) is 4.49. The smallest absolute Gasteiger partial charge is 0.0664 e. The molecule has 1 unspecified atom stereocenters. The molecule has 1 saturated carbocycles. The molecule has 0 bridgehead atoms. The van der Waals surface area contributed by atoms with Gasteiger partial charge in [0.2, 0.25) is 0 Å². The van der Waals surface area contributed by atoms with Gasteiger partial charge in [-0.05, 0) is 30.7 Å². The first-order chi connectivity index (χ1) is 8.28. The minimum absolute atomic E-state index is 0.183. The van der Waals surface area contributed by atoms with Crippen LogP contribution >= 0.6 is 0 Å². The van der Waals surface area contributed by atoms with Gasteiger partial charge in [-0.25, -0.2) is 0 Å². The summed E-state index contributed by atoms with van der Waals surface area (Å²) < 4.78 is 0. The lowest BCUT2D eigenvalue weighted by molar-refractivity contribution is 0.103. The van der Waals surface area contributed by atoms with Gasteiger partial charge in [-0.2, -0.15) is 0 Å². The van der Waals surface area contributed by atoms with Crippen molar-refractivity contribution in [2.24, 2.45) is 5.92 Å². The summed E-state index contributed by atoms with van der Waals surface area (Å²) in [6.07, 6.45) is 3.40. The summed E-state index contributed by atoms with van der Waals surface area (Å²) in [6, 6.07) is 10.5. The van der Waals surface area contributed by atoms with Crippen LogP contribution in [0.15, 0.2) is 30.3 Å². The maximum atomic E-state index is 9.80. The van der Waals surface area contributed by atoms with Gasteiger partial charge in [-0.1, -0.05) is 37.3 Å². The van der Waals surface area contributed by atoms with Crippen molar-refractivity contribution in [2.75, 3.05) is 13.1 Å². The number of aliphatic hydroxyl groups is 1. The van der Waals surface area contributed by atoms with Gasteiger partial charge >= 0.3 is 0 Å². The van der Waals surface area contributed by atoms with Crippen LogP contribution in [0.1, 0.15) is 31.7 Å². The van der Waals surface area contributed by atoms with Gasteiger partial charge in [0.05, 0.1) is 6.10 Å². The van der Waals surface area contributed by atoms with Crippen LogP contribution in [-0.4, -0.2) is 29.2 Å². The number of benzene rings is 1. The summed E-state index contributed by atoms with van der Waals surface area (Å²) in [5.41, 5.74) is 1.34. The molecule has 2 rings (SSSR count). The van der Waals surface area contributed by atoms with E-state index < -0.39 is 0 Å². The fourth-order valence-electron chi connectivity index (χ4n) is 2.14. The second-order valence-electron chi connectivity index (χ2n) is 5.19. The van der Waals surface area contributed by atoms with Crippen LogP contribution in [-0.2, 0) is 6.54 Å². The molecular formula is C15H23NO.